The zero-order valence-corrected chi connectivity index (χ0v) is 14.1. The Morgan fingerprint density at radius 3 is 2.58 bits per heavy atom. The molecule has 3 rings (SSSR count). The van der Waals surface area contributed by atoms with Gasteiger partial charge in [0, 0.05) is 9.79 Å². The fraction of sp³-hybridized carbons (Fsp3) is 0.0667. The molecule has 9 heteroatoms. The molecule has 0 spiro atoms. The SMILES string of the molecule is COc1ccc(Sc2ccc(Sc3ncn[nH]3)nc2C(=O)O)cc1. The summed E-state index contributed by atoms with van der Waals surface area (Å²) in [6.07, 6.45) is 1.38. The van der Waals surface area contributed by atoms with Gasteiger partial charge in [-0.15, -0.1) is 0 Å². The van der Waals surface area contributed by atoms with E-state index in [4.69, 9.17) is 4.74 Å². The summed E-state index contributed by atoms with van der Waals surface area (Å²) in [5.74, 6) is -0.333. The molecular weight excluding hydrogens is 348 g/mol. The third kappa shape index (κ3) is 3.87. The molecule has 3 aromatic rings. The van der Waals surface area contributed by atoms with E-state index in [-0.39, 0.29) is 5.69 Å². The number of nitrogens with zero attached hydrogens (tertiary/aromatic N) is 3. The molecule has 0 unspecified atom stereocenters. The highest BCUT2D eigenvalue weighted by Gasteiger charge is 2.15. The van der Waals surface area contributed by atoms with Crippen molar-refractivity contribution in [2.24, 2.45) is 0 Å². The summed E-state index contributed by atoms with van der Waals surface area (Å²) in [6, 6.07) is 10.9. The Morgan fingerprint density at radius 1 is 1.17 bits per heavy atom. The van der Waals surface area contributed by atoms with E-state index in [1.165, 1.54) is 29.9 Å². The van der Waals surface area contributed by atoms with E-state index in [9.17, 15) is 9.90 Å². The summed E-state index contributed by atoms with van der Waals surface area (Å²) in [6.45, 7) is 0. The lowest BCUT2D eigenvalue weighted by Crippen LogP contribution is -2.03. The van der Waals surface area contributed by atoms with Gasteiger partial charge >= 0.3 is 5.97 Å². The Labute approximate surface area is 145 Å². The van der Waals surface area contributed by atoms with Crippen LogP contribution in [0.4, 0.5) is 0 Å². The van der Waals surface area contributed by atoms with Crippen molar-refractivity contribution in [3.05, 3.63) is 48.4 Å². The number of carboxylic acid groups (broad SMARTS) is 1. The molecule has 0 aliphatic rings. The van der Waals surface area contributed by atoms with E-state index in [1.54, 1.807) is 19.2 Å². The molecule has 7 nitrogen and oxygen atoms in total. The molecule has 0 atom stereocenters. The molecule has 0 saturated carbocycles. The van der Waals surface area contributed by atoms with E-state index >= 15 is 0 Å². The Bertz CT molecular complexity index is 838. The molecule has 122 valence electrons. The summed E-state index contributed by atoms with van der Waals surface area (Å²) in [5, 5.41) is 17.0. The molecule has 0 saturated heterocycles. The minimum atomic E-state index is -1.08. The highest BCUT2D eigenvalue weighted by molar-refractivity contribution is 7.99. The molecule has 0 fully saturated rings. The molecule has 0 bridgehead atoms. The fourth-order valence-electron chi connectivity index (χ4n) is 1.83. The quantitative estimate of drug-likeness (QED) is 0.691. The number of hydrogen-bond donors (Lipinski definition) is 2. The summed E-state index contributed by atoms with van der Waals surface area (Å²) in [4.78, 5) is 21.2. The van der Waals surface area contributed by atoms with Gasteiger partial charge in [-0.2, -0.15) is 5.10 Å². The van der Waals surface area contributed by atoms with Crippen LogP contribution >= 0.6 is 23.5 Å². The standard InChI is InChI=1S/C15H12N4O3S2/c1-22-9-2-4-10(5-3-9)23-11-6-7-12(18-13(11)14(20)21)24-15-16-8-17-19-15/h2-8H,1H3,(H,20,21)(H,16,17,19). The number of carboxylic acids is 1. The van der Waals surface area contributed by atoms with Gasteiger partial charge in [-0.25, -0.2) is 14.8 Å². The van der Waals surface area contributed by atoms with Crippen molar-refractivity contribution >= 4 is 29.5 Å². The van der Waals surface area contributed by atoms with Gasteiger partial charge in [-0.05, 0) is 48.2 Å². The molecule has 2 heterocycles. The first-order valence-corrected chi connectivity index (χ1v) is 8.38. The van der Waals surface area contributed by atoms with Crippen LogP contribution in [0.15, 0.2) is 62.7 Å². The first-order valence-electron chi connectivity index (χ1n) is 6.75. The number of hydrogen-bond acceptors (Lipinski definition) is 7. The Hall–Kier alpha value is -2.52. The van der Waals surface area contributed by atoms with Gasteiger partial charge in [0.15, 0.2) is 10.9 Å². The number of pyridine rings is 1. The van der Waals surface area contributed by atoms with Crippen LogP contribution in [0.25, 0.3) is 0 Å². The number of aromatic nitrogens is 4. The predicted molar refractivity (Wildman–Crippen MR) is 88.8 cm³/mol. The van der Waals surface area contributed by atoms with Gasteiger partial charge in [0.2, 0.25) is 0 Å². The van der Waals surface area contributed by atoms with Crippen molar-refractivity contribution < 1.29 is 14.6 Å². The molecule has 0 amide bonds. The molecular formula is C15H12N4O3S2. The van der Waals surface area contributed by atoms with Crippen molar-refractivity contribution in [2.45, 2.75) is 20.0 Å². The number of H-pyrrole nitrogens is 1. The third-order valence-electron chi connectivity index (χ3n) is 2.92. The van der Waals surface area contributed by atoms with Gasteiger partial charge < -0.3 is 9.84 Å². The van der Waals surface area contributed by atoms with E-state index in [1.807, 2.05) is 24.3 Å². The average molecular weight is 360 g/mol. The molecule has 0 radical (unpaired) electrons. The fourth-order valence-corrected chi connectivity index (χ4v) is 3.40. The van der Waals surface area contributed by atoms with Crippen molar-refractivity contribution in [3.63, 3.8) is 0 Å². The van der Waals surface area contributed by atoms with Gasteiger partial charge in [0.25, 0.3) is 0 Å². The van der Waals surface area contributed by atoms with Gasteiger partial charge in [-0.3, -0.25) is 5.10 Å². The van der Waals surface area contributed by atoms with Crippen LogP contribution < -0.4 is 4.74 Å². The third-order valence-corrected chi connectivity index (χ3v) is 4.80. The van der Waals surface area contributed by atoms with Crippen LogP contribution in [0.5, 0.6) is 5.75 Å². The van der Waals surface area contributed by atoms with Gasteiger partial charge in [-0.1, -0.05) is 11.8 Å². The van der Waals surface area contributed by atoms with Crippen molar-refractivity contribution in [1.82, 2.24) is 20.2 Å². The van der Waals surface area contributed by atoms with Crippen LogP contribution in [0, 0.1) is 0 Å². The first-order chi connectivity index (χ1) is 11.7. The minimum absolute atomic E-state index is 0.000309. The number of aromatic amines is 1. The second-order valence-corrected chi connectivity index (χ2v) is 6.60. The van der Waals surface area contributed by atoms with Gasteiger partial charge in [0.1, 0.15) is 17.1 Å². The Balaban J connectivity index is 1.85. The molecule has 24 heavy (non-hydrogen) atoms. The lowest BCUT2D eigenvalue weighted by Gasteiger charge is -2.07. The topological polar surface area (TPSA) is 101 Å². The summed E-state index contributed by atoms with van der Waals surface area (Å²) >= 11 is 2.55. The highest BCUT2D eigenvalue weighted by Crippen LogP contribution is 2.33. The first kappa shape index (κ1) is 16.3. The number of rotatable bonds is 6. The Kier molecular flexibility index (Phi) is 5.02. The second kappa shape index (κ2) is 7.37. The normalized spacial score (nSPS) is 10.5. The Morgan fingerprint density at radius 2 is 1.96 bits per heavy atom. The summed E-state index contributed by atoms with van der Waals surface area (Å²) < 4.78 is 5.11. The van der Waals surface area contributed by atoms with Crippen molar-refractivity contribution in [3.8, 4) is 5.75 Å². The van der Waals surface area contributed by atoms with E-state index in [0.717, 1.165) is 10.6 Å². The number of benzene rings is 1. The second-order valence-electron chi connectivity index (χ2n) is 4.47. The lowest BCUT2D eigenvalue weighted by atomic mass is 10.3. The number of carbonyl (C=O) groups is 1. The zero-order chi connectivity index (χ0) is 16.9. The molecule has 0 aliphatic heterocycles. The molecule has 0 aliphatic carbocycles. The van der Waals surface area contributed by atoms with Crippen molar-refractivity contribution in [1.29, 1.82) is 0 Å². The van der Waals surface area contributed by atoms with Crippen LogP contribution in [-0.4, -0.2) is 38.4 Å². The van der Waals surface area contributed by atoms with Gasteiger partial charge in [0.05, 0.1) is 7.11 Å². The lowest BCUT2D eigenvalue weighted by molar-refractivity contribution is 0.0685. The zero-order valence-electron chi connectivity index (χ0n) is 12.5. The van der Waals surface area contributed by atoms with Crippen LogP contribution in [0.2, 0.25) is 0 Å². The highest BCUT2D eigenvalue weighted by atomic mass is 32.2. The maximum atomic E-state index is 11.5. The smallest absolute Gasteiger partial charge is 0.355 e. The molecule has 1 aromatic carbocycles. The van der Waals surface area contributed by atoms with E-state index in [0.29, 0.717) is 15.1 Å². The van der Waals surface area contributed by atoms with Crippen molar-refractivity contribution in [2.75, 3.05) is 7.11 Å². The van der Waals surface area contributed by atoms with Crippen LogP contribution in [-0.2, 0) is 0 Å². The average Bonchev–Trinajstić information content (AvgIpc) is 3.10. The summed E-state index contributed by atoms with van der Waals surface area (Å²) in [5.41, 5.74) is 0.000309. The number of nitrogens with one attached hydrogen (secondary N) is 1. The molecule has 2 N–H and O–H groups in total. The molecule has 2 aromatic heterocycles. The monoisotopic (exact) mass is 360 g/mol. The minimum Gasteiger partial charge on any atom is -0.497 e. The largest absolute Gasteiger partial charge is 0.497 e. The maximum absolute atomic E-state index is 11.5. The maximum Gasteiger partial charge on any atom is 0.355 e. The summed E-state index contributed by atoms with van der Waals surface area (Å²) in [7, 11) is 1.60. The van der Waals surface area contributed by atoms with Crippen LogP contribution in [0.3, 0.4) is 0 Å². The number of ether oxygens (including phenoxy) is 1. The predicted octanol–water partition coefficient (Wildman–Crippen LogP) is 3.21. The van der Waals surface area contributed by atoms with E-state index < -0.39 is 5.97 Å². The van der Waals surface area contributed by atoms with Crippen LogP contribution in [0.1, 0.15) is 10.5 Å². The van der Waals surface area contributed by atoms with E-state index in [2.05, 4.69) is 20.2 Å². The number of aromatic carboxylic acids is 1. The number of methoxy groups -OCH3 is 1.